The van der Waals surface area contributed by atoms with Crippen LogP contribution in [0.3, 0.4) is 0 Å². The smallest absolute Gasteiger partial charge is 0.196 e. The van der Waals surface area contributed by atoms with Gasteiger partial charge in [0.05, 0.1) is 0 Å². The Bertz CT molecular complexity index is 1270. The van der Waals surface area contributed by atoms with Crippen molar-refractivity contribution in [3.8, 4) is 11.4 Å². The van der Waals surface area contributed by atoms with E-state index in [0.29, 0.717) is 24.3 Å². The van der Waals surface area contributed by atoms with Crippen molar-refractivity contribution in [2.24, 2.45) is 0 Å². The van der Waals surface area contributed by atoms with Gasteiger partial charge >= 0.3 is 0 Å². The zero-order chi connectivity index (χ0) is 25.4. The van der Waals surface area contributed by atoms with E-state index in [1.807, 2.05) is 25.1 Å². The van der Waals surface area contributed by atoms with Crippen LogP contribution in [-0.2, 0) is 6.54 Å². The van der Waals surface area contributed by atoms with Crippen molar-refractivity contribution in [3.05, 3.63) is 71.3 Å². The molecule has 0 amide bonds. The normalized spacial score (nSPS) is 10.7. The summed E-state index contributed by atoms with van der Waals surface area (Å²) in [5, 5.41) is 7.00. The van der Waals surface area contributed by atoms with Crippen LogP contribution < -0.4 is 4.90 Å². The number of aliphatic hydroxyl groups is 1. The number of halogens is 1. The third-order valence-electron chi connectivity index (χ3n) is 5.70. The number of fused-ring (bicyclic) bond motifs is 1. The average molecular weight is 478 g/mol. The summed E-state index contributed by atoms with van der Waals surface area (Å²) in [7, 11) is 1.00. The largest absolute Gasteiger partial charge is 0.400 e. The third kappa shape index (κ3) is 5.89. The molecule has 0 bridgehead atoms. The molecule has 184 valence electrons. The van der Waals surface area contributed by atoms with Crippen LogP contribution in [0, 0.1) is 12.7 Å². The minimum absolute atomic E-state index is 0.120. The summed E-state index contributed by atoms with van der Waals surface area (Å²) in [6, 6.07) is 14.6. The van der Waals surface area contributed by atoms with Crippen molar-refractivity contribution in [1.29, 1.82) is 0 Å². The van der Waals surface area contributed by atoms with Gasteiger partial charge in [0.15, 0.2) is 23.6 Å². The Morgan fingerprint density at radius 3 is 2.43 bits per heavy atom. The maximum atomic E-state index is 13.5. The number of nitrogens with zero attached hydrogens (tertiary/aromatic N) is 5. The molecule has 4 rings (SSSR count). The van der Waals surface area contributed by atoms with Crippen LogP contribution in [0.1, 0.15) is 48.4 Å². The maximum Gasteiger partial charge on any atom is 0.196 e. The molecule has 0 radical (unpaired) electrons. The molecule has 0 aliphatic heterocycles. The van der Waals surface area contributed by atoms with Crippen molar-refractivity contribution in [1.82, 2.24) is 19.5 Å². The maximum absolute atomic E-state index is 13.5. The van der Waals surface area contributed by atoms with Crippen molar-refractivity contribution in [3.63, 3.8) is 0 Å². The molecule has 0 spiro atoms. The van der Waals surface area contributed by atoms with Gasteiger partial charge in [-0.3, -0.25) is 4.79 Å². The zero-order valence-corrected chi connectivity index (χ0v) is 20.7. The van der Waals surface area contributed by atoms with Gasteiger partial charge in [-0.25, -0.2) is 19.3 Å². The Kier molecular flexibility index (Phi) is 9.03. The number of benzene rings is 2. The Morgan fingerprint density at radius 1 is 1.06 bits per heavy atom. The quantitative estimate of drug-likeness (QED) is 0.340. The van der Waals surface area contributed by atoms with E-state index in [-0.39, 0.29) is 11.6 Å². The van der Waals surface area contributed by atoms with Crippen LogP contribution in [0.4, 0.5) is 10.2 Å². The molecule has 0 aliphatic rings. The minimum Gasteiger partial charge on any atom is -0.400 e. The summed E-state index contributed by atoms with van der Waals surface area (Å²) < 4.78 is 15.6. The molecule has 8 heteroatoms. The van der Waals surface area contributed by atoms with Gasteiger partial charge < -0.3 is 14.6 Å². The molecule has 0 fully saturated rings. The van der Waals surface area contributed by atoms with Crippen LogP contribution in [0.15, 0.2) is 48.5 Å². The lowest BCUT2D eigenvalue weighted by atomic mass is 10.1. The fourth-order valence-corrected chi connectivity index (χ4v) is 4.00. The average Bonchev–Trinajstić information content (AvgIpc) is 3.25. The number of imidazole rings is 1. The summed E-state index contributed by atoms with van der Waals surface area (Å²) in [4.78, 5) is 27.7. The number of carbonyl (C=O) groups is 1. The Hall–Kier alpha value is -3.65. The molecule has 2 aromatic heterocycles. The molecule has 35 heavy (non-hydrogen) atoms. The first-order valence-corrected chi connectivity index (χ1v) is 11.8. The summed E-state index contributed by atoms with van der Waals surface area (Å²) >= 11 is 0. The molecule has 2 aromatic carbocycles. The van der Waals surface area contributed by atoms with E-state index in [2.05, 4.69) is 39.3 Å². The van der Waals surface area contributed by atoms with Crippen molar-refractivity contribution < 1.29 is 14.3 Å². The van der Waals surface area contributed by atoms with E-state index in [1.165, 1.54) is 12.1 Å². The van der Waals surface area contributed by atoms with Crippen LogP contribution in [-0.4, -0.2) is 51.1 Å². The van der Waals surface area contributed by atoms with E-state index in [9.17, 15) is 9.18 Å². The van der Waals surface area contributed by atoms with Gasteiger partial charge in [0.2, 0.25) is 0 Å². The highest BCUT2D eigenvalue weighted by Crippen LogP contribution is 2.31. The monoisotopic (exact) mass is 477 g/mol. The number of aldehydes is 1. The summed E-state index contributed by atoms with van der Waals surface area (Å²) in [5.74, 6) is 1.29. The van der Waals surface area contributed by atoms with Gasteiger partial charge in [-0.1, -0.05) is 49.2 Å². The molecular weight excluding hydrogens is 445 g/mol. The molecule has 0 unspecified atom stereocenters. The van der Waals surface area contributed by atoms with E-state index >= 15 is 0 Å². The Balaban J connectivity index is 0.00000167. The number of aliphatic hydroxyl groups excluding tert-OH is 1. The van der Waals surface area contributed by atoms with Gasteiger partial charge in [0.25, 0.3) is 0 Å². The predicted octanol–water partition coefficient (Wildman–Crippen LogP) is 5.04. The number of hydrogen-bond donors (Lipinski definition) is 1. The highest BCUT2D eigenvalue weighted by atomic mass is 19.1. The first kappa shape index (κ1) is 26.0. The van der Waals surface area contributed by atoms with Gasteiger partial charge in [-0.15, -0.1) is 0 Å². The van der Waals surface area contributed by atoms with Gasteiger partial charge in [0.1, 0.15) is 17.2 Å². The molecule has 0 saturated carbocycles. The van der Waals surface area contributed by atoms with E-state index in [1.54, 1.807) is 12.1 Å². The molecule has 0 saturated heterocycles. The Morgan fingerprint density at radius 2 is 1.80 bits per heavy atom. The SMILES string of the molecule is CCCCN(CC)c1nc(C=O)nc2nc(-c3cccc(C)c3)n(Cc3ccc(F)cc3)c12.CO. The number of carbonyl (C=O) groups excluding carboxylic acids is 1. The predicted molar refractivity (Wildman–Crippen MR) is 137 cm³/mol. The molecule has 2 heterocycles. The number of aryl methyl sites for hydroxylation is 1. The second-order valence-corrected chi connectivity index (χ2v) is 8.15. The van der Waals surface area contributed by atoms with Gasteiger partial charge in [-0.05, 0) is 44.0 Å². The summed E-state index contributed by atoms with van der Waals surface area (Å²) in [6.07, 6.45) is 2.73. The fraction of sp³-hybridized carbons (Fsp3) is 0.333. The number of aromatic nitrogens is 4. The number of anilines is 1. The molecule has 0 aliphatic carbocycles. The van der Waals surface area contributed by atoms with Crippen molar-refractivity contribution in [2.45, 2.75) is 40.2 Å². The van der Waals surface area contributed by atoms with E-state index in [0.717, 1.165) is 61.1 Å². The molecular formula is C27H32FN5O2. The van der Waals surface area contributed by atoms with Crippen molar-refractivity contribution in [2.75, 3.05) is 25.1 Å². The summed E-state index contributed by atoms with van der Waals surface area (Å²) in [6.45, 7) is 8.30. The molecule has 7 nitrogen and oxygen atoms in total. The molecule has 0 atom stereocenters. The van der Waals surface area contributed by atoms with Crippen LogP contribution >= 0.6 is 0 Å². The van der Waals surface area contributed by atoms with Crippen LogP contribution in [0.2, 0.25) is 0 Å². The van der Waals surface area contributed by atoms with Gasteiger partial charge in [0, 0.05) is 32.3 Å². The first-order chi connectivity index (χ1) is 17.0. The van der Waals surface area contributed by atoms with Crippen LogP contribution in [0.5, 0.6) is 0 Å². The highest BCUT2D eigenvalue weighted by Gasteiger charge is 2.22. The Labute approximate surface area is 205 Å². The lowest BCUT2D eigenvalue weighted by Crippen LogP contribution is -2.26. The third-order valence-corrected chi connectivity index (χ3v) is 5.70. The number of rotatable bonds is 9. The standard InChI is InChI=1S/C26H28FN5O.CH4O/c1-4-6-14-31(5-2)26-23-24(28-22(17-33)29-26)30-25(20-9-7-8-18(3)15-20)32(23)16-19-10-12-21(27)13-11-19;1-2/h7-13,15,17H,4-6,14,16H2,1-3H3;2H,1H3. The highest BCUT2D eigenvalue weighted by molar-refractivity contribution is 5.90. The molecule has 1 N–H and O–H groups in total. The number of hydrogen-bond acceptors (Lipinski definition) is 6. The first-order valence-electron chi connectivity index (χ1n) is 11.8. The van der Waals surface area contributed by atoms with Crippen molar-refractivity contribution >= 4 is 23.3 Å². The lowest BCUT2D eigenvalue weighted by molar-refractivity contribution is 0.111. The van der Waals surface area contributed by atoms with E-state index in [4.69, 9.17) is 10.1 Å². The fourth-order valence-electron chi connectivity index (χ4n) is 4.00. The van der Waals surface area contributed by atoms with Gasteiger partial charge in [-0.2, -0.15) is 0 Å². The number of unbranched alkanes of at least 4 members (excludes halogenated alkanes) is 1. The topological polar surface area (TPSA) is 84.1 Å². The van der Waals surface area contributed by atoms with E-state index < -0.39 is 0 Å². The second kappa shape index (κ2) is 12.2. The minimum atomic E-state index is -0.274. The lowest BCUT2D eigenvalue weighted by Gasteiger charge is -2.23. The summed E-state index contributed by atoms with van der Waals surface area (Å²) in [5.41, 5.74) is 4.26. The zero-order valence-electron chi connectivity index (χ0n) is 20.7. The second-order valence-electron chi connectivity index (χ2n) is 8.15. The van der Waals surface area contributed by atoms with Crippen LogP contribution in [0.25, 0.3) is 22.6 Å². The molecule has 4 aromatic rings.